The van der Waals surface area contributed by atoms with Crippen LogP contribution in [0.3, 0.4) is 0 Å². The third kappa shape index (κ3) is 4.29. The van der Waals surface area contributed by atoms with Crippen LogP contribution in [-0.2, 0) is 0 Å². The fourth-order valence-electron chi connectivity index (χ4n) is 7.38. The van der Waals surface area contributed by atoms with Crippen LogP contribution in [0.1, 0.15) is 6.92 Å². The molecule has 0 unspecified atom stereocenters. The smallest absolute Gasteiger partial charge is 0.0804 e. The van der Waals surface area contributed by atoms with Gasteiger partial charge in [0.1, 0.15) is 0 Å². The molecule has 8 rings (SSSR count). The van der Waals surface area contributed by atoms with Crippen molar-refractivity contribution >= 4 is 60.3 Å². The average molecular weight is 618 g/mol. The molecule has 0 saturated carbocycles. The zero-order valence-electron chi connectivity index (χ0n) is 27.0. The summed E-state index contributed by atoms with van der Waals surface area (Å²) in [6, 6.07) is 43.5. The van der Waals surface area contributed by atoms with Crippen molar-refractivity contribution in [2.24, 2.45) is 0 Å². The van der Waals surface area contributed by atoms with E-state index >= 15 is 0 Å². The van der Waals surface area contributed by atoms with E-state index in [9.17, 15) is 0 Å². The van der Waals surface area contributed by atoms with Gasteiger partial charge in [-0.3, -0.25) is 0 Å². The van der Waals surface area contributed by atoms with Gasteiger partial charge in [0, 0.05) is 38.5 Å². The van der Waals surface area contributed by atoms with E-state index in [1.54, 1.807) is 6.08 Å². The number of hydrogen-bond acceptors (Lipinski definition) is 0. The summed E-state index contributed by atoms with van der Waals surface area (Å²) < 4.78 is 7.27. The van der Waals surface area contributed by atoms with Gasteiger partial charge in [-0.1, -0.05) is 123 Å². The molecule has 0 aliphatic rings. The van der Waals surface area contributed by atoms with Gasteiger partial charge in [-0.15, -0.1) is 0 Å². The van der Waals surface area contributed by atoms with Crippen LogP contribution in [0.5, 0.6) is 0 Å². The summed E-state index contributed by atoms with van der Waals surface area (Å²) in [6.07, 6.45) is 11.8. The number of allylic oxidation sites excluding steroid dienone is 9. The lowest BCUT2D eigenvalue weighted by atomic mass is 10.0. The highest BCUT2D eigenvalue weighted by molar-refractivity contribution is 6.29. The summed E-state index contributed by atoms with van der Waals surface area (Å²) in [5, 5.41) is 4.79. The third-order valence-corrected chi connectivity index (χ3v) is 9.25. The number of nitrogens with zero attached hydrogens (tertiary/aromatic N) is 3. The fraction of sp³-hybridized carbons (Fsp3) is 0.0222. The Morgan fingerprint density at radius 1 is 0.562 bits per heavy atom. The number of rotatable bonds is 8. The maximum absolute atomic E-state index is 4.43. The number of fused-ring (bicyclic) bond motifs is 9. The molecule has 48 heavy (non-hydrogen) atoms. The van der Waals surface area contributed by atoms with Gasteiger partial charge >= 0.3 is 0 Å². The lowest BCUT2D eigenvalue weighted by Gasteiger charge is -2.17. The number of para-hydroxylation sites is 4. The topological polar surface area (TPSA) is 14.8 Å². The standard InChI is InChI=1S/C45H35N3/c1-5-8-20-31(4)34(7-3)38(19-6-2)48-39-27-17-15-25-35(39)42-41(48)30-29-37-43(42)47(33-23-13-10-14-24-33)44-36-26-16-18-28-40(36)46(45(37)44)32-21-11-9-12-22-32/h5-30H,1-2,4H2,3H3/b20-8-,34-7-,38-19+. The van der Waals surface area contributed by atoms with Gasteiger partial charge in [0.15, 0.2) is 0 Å². The molecule has 3 heterocycles. The molecule has 5 aromatic carbocycles. The molecule has 0 saturated heterocycles. The summed E-state index contributed by atoms with van der Waals surface area (Å²) in [4.78, 5) is 0. The molecular weight excluding hydrogens is 583 g/mol. The molecule has 0 N–H and O–H groups in total. The maximum Gasteiger partial charge on any atom is 0.0804 e. The summed E-state index contributed by atoms with van der Waals surface area (Å²) in [5.41, 5.74) is 12.2. The minimum Gasteiger partial charge on any atom is -0.309 e. The Morgan fingerprint density at radius 3 is 1.83 bits per heavy atom. The maximum atomic E-state index is 4.43. The molecule has 3 heteroatoms. The van der Waals surface area contributed by atoms with Crippen LogP contribution in [0.25, 0.3) is 71.7 Å². The normalized spacial score (nSPS) is 12.7. The van der Waals surface area contributed by atoms with E-state index in [1.807, 2.05) is 18.2 Å². The van der Waals surface area contributed by atoms with Crippen molar-refractivity contribution < 1.29 is 0 Å². The number of hydrogen-bond donors (Lipinski definition) is 0. The largest absolute Gasteiger partial charge is 0.309 e. The first kappa shape index (κ1) is 29.1. The Balaban J connectivity index is 1.60. The zero-order chi connectivity index (χ0) is 32.8. The van der Waals surface area contributed by atoms with Crippen LogP contribution in [0.15, 0.2) is 189 Å². The fourth-order valence-corrected chi connectivity index (χ4v) is 7.38. The third-order valence-electron chi connectivity index (χ3n) is 9.25. The zero-order valence-corrected chi connectivity index (χ0v) is 27.0. The Hall–Kier alpha value is -6.32. The molecule has 0 bridgehead atoms. The van der Waals surface area contributed by atoms with E-state index in [2.05, 4.69) is 174 Å². The second-order valence-electron chi connectivity index (χ2n) is 11.9. The first-order valence-corrected chi connectivity index (χ1v) is 16.3. The predicted octanol–water partition coefficient (Wildman–Crippen LogP) is 12.1. The molecule has 0 fully saturated rings. The van der Waals surface area contributed by atoms with Crippen LogP contribution in [0.2, 0.25) is 0 Å². The molecular formula is C45H35N3. The molecule has 3 nitrogen and oxygen atoms in total. The molecule has 0 atom stereocenters. The minimum atomic E-state index is 0.902. The van der Waals surface area contributed by atoms with Crippen molar-refractivity contribution in [1.82, 2.24) is 13.7 Å². The molecule has 0 aliphatic carbocycles. The first-order chi connectivity index (χ1) is 23.7. The molecule has 3 aromatic heterocycles. The Bertz CT molecular complexity index is 2650. The second-order valence-corrected chi connectivity index (χ2v) is 11.9. The van der Waals surface area contributed by atoms with Crippen molar-refractivity contribution in [3.8, 4) is 11.4 Å². The van der Waals surface area contributed by atoms with E-state index < -0.39 is 0 Å². The minimum absolute atomic E-state index is 0.902. The molecule has 0 aliphatic heterocycles. The quantitative estimate of drug-likeness (QED) is 0.151. The van der Waals surface area contributed by atoms with E-state index in [0.717, 1.165) is 39.3 Å². The van der Waals surface area contributed by atoms with Gasteiger partial charge in [0.05, 0.1) is 38.8 Å². The van der Waals surface area contributed by atoms with Crippen molar-refractivity contribution in [3.05, 3.63) is 189 Å². The molecule has 8 aromatic rings. The van der Waals surface area contributed by atoms with Crippen LogP contribution < -0.4 is 0 Å². The molecule has 230 valence electrons. The van der Waals surface area contributed by atoms with Gasteiger partial charge in [0.2, 0.25) is 0 Å². The summed E-state index contributed by atoms with van der Waals surface area (Å²) >= 11 is 0. The van der Waals surface area contributed by atoms with Gasteiger partial charge in [-0.2, -0.15) is 0 Å². The first-order valence-electron chi connectivity index (χ1n) is 16.3. The van der Waals surface area contributed by atoms with Gasteiger partial charge < -0.3 is 13.7 Å². The lowest BCUT2D eigenvalue weighted by molar-refractivity contribution is 1.18. The highest BCUT2D eigenvalue weighted by atomic mass is 15.1. The molecule has 0 spiro atoms. The van der Waals surface area contributed by atoms with Crippen LogP contribution in [0, 0.1) is 0 Å². The van der Waals surface area contributed by atoms with Crippen LogP contribution in [-0.4, -0.2) is 13.7 Å². The molecule has 0 amide bonds. The van der Waals surface area contributed by atoms with Crippen molar-refractivity contribution in [2.45, 2.75) is 6.92 Å². The van der Waals surface area contributed by atoms with E-state index in [0.29, 0.717) is 0 Å². The van der Waals surface area contributed by atoms with E-state index in [-0.39, 0.29) is 0 Å². The van der Waals surface area contributed by atoms with Gasteiger partial charge in [-0.05, 0) is 67.1 Å². The Labute approximate surface area is 280 Å². The van der Waals surface area contributed by atoms with Crippen LogP contribution in [0.4, 0.5) is 0 Å². The Kier molecular flexibility index (Phi) is 7.15. The highest BCUT2D eigenvalue weighted by Gasteiger charge is 2.26. The second kappa shape index (κ2) is 11.8. The van der Waals surface area contributed by atoms with Gasteiger partial charge in [-0.25, -0.2) is 0 Å². The van der Waals surface area contributed by atoms with Crippen molar-refractivity contribution in [2.75, 3.05) is 0 Å². The number of benzene rings is 5. The summed E-state index contributed by atoms with van der Waals surface area (Å²) in [6.45, 7) is 14.5. The number of aromatic nitrogens is 3. The monoisotopic (exact) mass is 617 g/mol. The predicted molar refractivity (Wildman–Crippen MR) is 207 cm³/mol. The summed E-state index contributed by atoms with van der Waals surface area (Å²) in [5.74, 6) is 0. The SMILES string of the molecule is C=C/C=C\C(=C)C(=C/C)/C(=C\C=C)n1c2ccccc2c2c1ccc1c3c(c4ccccc4n3-c3ccccc3)n(-c3ccccc3)c12. The van der Waals surface area contributed by atoms with Gasteiger partial charge in [0.25, 0.3) is 0 Å². The highest BCUT2D eigenvalue weighted by Crippen LogP contribution is 2.46. The average Bonchev–Trinajstić information content (AvgIpc) is 3.77. The van der Waals surface area contributed by atoms with E-state index in [4.69, 9.17) is 0 Å². The van der Waals surface area contributed by atoms with E-state index in [1.165, 1.54) is 43.6 Å². The Morgan fingerprint density at radius 2 is 1.17 bits per heavy atom. The molecule has 0 radical (unpaired) electrons. The summed E-state index contributed by atoms with van der Waals surface area (Å²) in [7, 11) is 0. The lowest BCUT2D eigenvalue weighted by Crippen LogP contribution is -2.02. The van der Waals surface area contributed by atoms with Crippen molar-refractivity contribution in [3.63, 3.8) is 0 Å². The van der Waals surface area contributed by atoms with Crippen LogP contribution >= 0.6 is 0 Å². The van der Waals surface area contributed by atoms with Crippen molar-refractivity contribution in [1.29, 1.82) is 0 Å².